The molecule has 3 rings (SSSR count). The average molecular weight is 289 g/mol. The molecule has 1 fully saturated rings. The molecule has 1 saturated carbocycles. The molecule has 2 aliphatic rings. The molecule has 2 bridgehead atoms. The summed E-state index contributed by atoms with van der Waals surface area (Å²) in [5.74, 6) is 4.24. The molecule has 116 valence electrons. The van der Waals surface area contributed by atoms with Crippen molar-refractivity contribution in [2.75, 3.05) is 6.54 Å². The molecule has 4 heteroatoms. The highest BCUT2D eigenvalue weighted by Gasteiger charge is 2.36. The van der Waals surface area contributed by atoms with Crippen LogP contribution in [0, 0.1) is 17.8 Å². The maximum absolute atomic E-state index is 5.77. The minimum absolute atomic E-state index is 0.300. The Labute approximate surface area is 127 Å². The number of hydrogen-bond donors (Lipinski definition) is 0. The Balaban J connectivity index is 1.63. The van der Waals surface area contributed by atoms with Gasteiger partial charge in [0.2, 0.25) is 11.8 Å². The van der Waals surface area contributed by atoms with Gasteiger partial charge in [-0.25, -0.2) is 0 Å². The number of hydrogen-bond acceptors (Lipinski definition) is 4. The quantitative estimate of drug-likeness (QED) is 0.750. The van der Waals surface area contributed by atoms with Crippen LogP contribution in [0.5, 0.6) is 0 Å². The lowest BCUT2D eigenvalue weighted by Crippen LogP contribution is -2.36. The molecule has 0 N–H and O–H groups in total. The lowest BCUT2D eigenvalue weighted by molar-refractivity contribution is 0.152. The van der Waals surface area contributed by atoms with E-state index in [0.29, 0.717) is 12.0 Å². The standard InChI is InChI=1S/C17H27N3O/c1-11(2)17-19-18-16(21-17)10-20(12(3)4)9-15-8-13-5-6-14(15)7-13/h5-6,11-15H,7-10H2,1-4H3/t13-,14-,15-/m0/s1. The summed E-state index contributed by atoms with van der Waals surface area (Å²) < 4.78 is 5.77. The summed E-state index contributed by atoms with van der Waals surface area (Å²) in [5.41, 5.74) is 0. The zero-order valence-electron chi connectivity index (χ0n) is 13.6. The van der Waals surface area contributed by atoms with Gasteiger partial charge in [0.25, 0.3) is 0 Å². The van der Waals surface area contributed by atoms with Crippen LogP contribution in [-0.4, -0.2) is 27.7 Å². The molecular weight excluding hydrogens is 262 g/mol. The number of aromatic nitrogens is 2. The van der Waals surface area contributed by atoms with Crippen LogP contribution >= 0.6 is 0 Å². The molecule has 1 heterocycles. The van der Waals surface area contributed by atoms with Crippen molar-refractivity contribution in [3.8, 4) is 0 Å². The van der Waals surface area contributed by atoms with Crippen LogP contribution < -0.4 is 0 Å². The Morgan fingerprint density at radius 2 is 2.00 bits per heavy atom. The van der Waals surface area contributed by atoms with Crippen molar-refractivity contribution in [2.24, 2.45) is 17.8 Å². The highest BCUT2D eigenvalue weighted by atomic mass is 16.4. The first-order chi connectivity index (χ1) is 10.0. The third-order valence-corrected chi connectivity index (χ3v) is 4.93. The summed E-state index contributed by atoms with van der Waals surface area (Å²) in [6.07, 6.45) is 7.56. The maximum atomic E-state index is 5.77. The van der Waals surface area contributed by atoms with Gasteiger partial charge in [0, 0.05) is 18.5 Å². The molecule has 0 radical (unpaired) electrons. The lowest BCUT2D eigenvalue weighted by atomic mass is 9.92. The number of rotatable bonds is 6. The number of fused-ring (bicyclic) bond motifs is 2. The molecule has 1 aromatic rings. The molecule has 1 aromatic heterocycles. The summed E-state index contributed by atoms with van der Waals surface area (Å²) >= 11 is 0. The van der Waals surface area contributed by atoms with Gasteiger partial charge in [0.1, 0.15) is 0 Å². The fraction of sp³-hybridized carbons (Fsp3) is 0.765. The second kappa shape index (κ2) is 5.91. The van der Waals surface area contributed by atoms with Crippen molar-refractivity contribution < 1.29 is 4.42 Å². The van der Waals surface area contributed by atoms with Gasteiger partial charge < -0.3 is 4.42 Å². The summed E-state index contributed by atoms with van der Waals surface area (Å²) in [6, 6.07) is 0.502. The first kappa shape index (κ1) is 14.8. The maximum Gasteiger partial charge on any atom is 0.230 e. The van der Waals surface area contributed by atoms with Crippen molar-refractivity contribution in [3.63, 3.8) is 0 Å². The largest absolute Gasteiger partial charge is 0.424 e. The van der Waals surface area contributed by atoms with Crippen molar-refractivity contribution in [1.29, 1.82) is 0 Å². The fourth-order valence-electron chi connectivity index (χ4n) is 3.60. The second-order valence-electron chi connectivity index (χ2n) is 7.25. The minimum atomic E-state index is 0.300. The van der Waals surface area contributed by atoms with Crippen molar-refractivity contribution in [2.45, 2.75) is 59.0 Å². The lowest BCUT2D eigenvalue weighted by Gasteiger charge is -2.30. The van der Waals surface area contributed by atoms with Gasteiger partial charge in [-0.1, -0.05) is 26.0 Å². The average Bonchev–Trinajstić information content (AvgIpc) is 3.13. The molecule has 21 heavy (non-hydrogen) atoms. The highest BCUT2D eigenvalue weighted by Crippen LogP contribution is 2.43. The zero-order valence-corrected chi connectivity index (χ0v) is 13.6. The van der Waals surface area contributed by atoms with Gasteiger partial charge in [0.15, 0.2) is 0 Å². The van der Waals surface area contributed by atoms with E-state index in [1.54, 1.807) is 0 Å². The Morgan fingerprint density at radius 1 is 1.19 bits per heavy atom. The molecule has 4 nitrogen and oxygen atoms in total. The predicted molar refractivity (Wildman–Crippen MR) is 82.8 cm³/mol. The van der Waals surface area contributed by atoms with Gasteiger partial charge in [-0.15, -0.1) is 10.2 Å². The van der Waals surface area contributed by atoms with Gasteiger partial charge in [-0.2, -0.15) is 0 Å². The van der Waals surface area contributed by atoms with Crippen LogP contribution in [0.4, 0.5) is 0 Å². The number of allylic oxidation sites excluding steroid dienone is 2. The third kappa shape index (κ3) is 3.20. The van der Waals surface area contributed by atoms with E-state index in [4.69, 9.17) is 4.42 Å². The molecule has 0 amide bonds. The third-order valence-electron chi connectivity index (χ3n) is 4.93. The Bertz CT molecular complexity index is 506. The first-order valence-corrected chi connectivity index (χ1v) is 8.27. The van der Waals surface area contributed by atoms with E-state index < -0.39 is 0 Å². The Morgan fingerprint density at radius 3 is 2.52 bits per heavy atom. The van der Waals surface area contributed by atoms with E-state index >= 15 is 0 Å². The monoisotopic (exact) mass is 289 g/mol. The summed E-state index contributed by atoms with van der Waals surface area (Å²) in [7, 11) is 0. The number of nitrogens with zero attached hydrogens (tertiary/aromatic N) is 3. The van der Waals surface area contributed by atoms with Crippen LogP contribution in [0.15, 0.2) is 16.6 Å². The van der Waals surface area contributed by atoms with E-state index in [-0.39, 0.29) is 0 Å². The highest BCUT2D eigenvalue weighted by molar-refractivity contribution is 5.10. The van der Waals surface area contributed by atoms with Crippen molar-refractivity contribution >= 4 is 0 Å². The van der Waals surface area contributed by atoms with Crippen LogP contribution in [0.1, 0.15) is 58.2 Å². The van der Waals surface area contributed by atoms with Gasteiger partial charge >= 0.3 is 0 Å². The topological polar surface area (TPSA) is 42.2 Å². The van der Waals surface area contributed by atoms with E-state index in [1.165, 1.54) is 12.8 Å². The molecule has 0 saturated heterocycles. The van der Waals surface area contributed by atoms with Crippen LogP contribution in [-0.2, 0) is 6.54 Å². The summed E-state index contributed by atoms with van der Waals surface area (Å²) in [4.78, 5) is 2.48. The van der Waals surface area contributed by atoms with Crippen molar-refractivity contribution in [1.82, 2.24) is 15.1 Å². The van der Waals surface area contributed by atoms with Crippen LogP contribution in [0.2, 0.25) is 0 Å². The molecule has 3 atom stereocenters. The normalized spacial score (nSPS) is 27.7. The molecule has 0 aromatic carbocycles. The van der Waals surface area contributed by atoms with Crippen LogP contribution in [0.25, 0.3) is 0 Å². The van der Waals surface area contributed by atoms with Gasteiger partial charge in [-0.3, -0.25) is 4.90 Å². The van der Waals surface area contributed by atoms with E-state index in [0.717, 1.165) is 42.6 Å². The SMILES string of the molecule is CC(C)c1nnc(CN(C[C@@H]2C[C@H]3C=C[C@H]2C3)C(C)C)o1. The smallest absolute Gasteiger partial charge is 0.230 e. The second-order valence-corrected chi connectivity index (χ2v) is 7.25. The summed E-state index contributed by atoms with van der Waals surface area (Å²) in [6.45, 7) is 10.6. The van der Waals surface area contributed by atoms with Crippen LogP contribution in [0.3, 0.4) is 0 Å². The molecule has 0 aliphatic heterocycles. The van der Waals surface area contributed by atoms with Crippen molar-refractivity contribution in [3.05, 3.63) is 23.9 Å². The molecule has 0 unspecified atom stereocenters. The predicted octanol–water partition coefficient (Wildman–Crippen LogP) is 3.62. The minimum Gasteiger partial charge on any atom is -0.424 e. The summed E-state index contributed by atoms with van der Waals surface area (Å²) in [5, 5.41) is 8.35. The first-order valence-electron chi connectivity index (χ1n) is 8.27. The van der Waals surface area contributed by atoms with Gasteiger partial charge in [-0.05, 0) is 44.4 Å². The van der Waals surface area contributed by atoms with E-state index in [2.05, 4.69) is 54.9 Å². The zero-order chi connectivity index (χ0) is 15.0. The van der Waals surface area contributed by atoms with E-state index in [9.17, 15) is 0 Å². The molecule has 0 spiro atoms. The Kier molecular flexibility index (Phi) is 4.16. The van der Waals surface area contributed by atoms with E-state index in [1.807, 2.05) is 0 Å². The Hall–Kier alpha value is -1.16. The molecule has 2 aliphatic carbocycles. The fourth-order valence-corrected chi connectivity index (χ4v) is 3.60. The molecular formula is C17H27N3O. The van der Waals surface area contributed by atoms with Gasteiger partial charge in [0.05, 0.1) is 6.54 Å².